The van der Waals surface area contributed by atoms with E-state index >= 15 is 0 Å². The van der Waals surface area contributed by atoms with Crippen LogP contribution in [0.3, 0.4) is 0 Å². The number of nitrogens with zero attached hydrogens (tertiary/aromatic N) is 2. The average Bonchev–Trinajstić information content (AvgIpc) is 3.87. The first-order chi connectivity index (χ1) is 22.1. The fraction of sp³-hybridized carbons (Fsp3) is 0.146. The molecule has 1 unspecified atom stereocenters. The molecule has 2 N–H and O–H groups in total. The molecule has 0 saturated carbocycles. The monoisotopic (exact) mass is 584 g/mol. The number of H-pyrrole nitrogens is 2. The molecule has 4 nitrogen and oxygen atoms in total. The molecule has 220 valence electrons. The first kappa shape index (κ1) is 27.2. The Balaban J connectivity index is 1.21. The molecule has 0 fully saturated rings. The molecular weight excluding hydrogens is 548 g/mol. The molecule has 3 aromatic carbocycles. The topological polar surface area (TPSA) is 48.9 Å². The summed E-state index contributed by atoms with van der Waals surface area (Å²) in [7, 11) is 0. The van der Waals surface area contributed by atoms with Gasteiger partial charge in [-0.3, -0.25) is 4.99 Å². The van der Waals surface area contributed by atoms with Crippen LogP contribution in [0, 0.1) is 6.92 Å². The number of rotatable bonds is 7. The summed E-state index contributed by atoms with van der Waals surface area (Å²) < 4.78 is 2.51. The molecule has 2 aliphatic rings. The highest BCUT2D eigenvalue weighted by atomic mass is 15.0. The van der Waals surface area contributed by atoms with Crippen molar-refractivity contribution in [3.8, 4) is 5.69 Å². The van der Waals surface area contributed by atoms with Gasteiger partial charge in [0, 0.05) is 58.1 Å². The zero-order valence-corrected chi connectivity index (χ0v) is 25.8. The van der Waals surface area contributed by atoms with Gasteiger partial charge in [-0.05, 0) is 84.3 Å². The molecule has 4 heterocycles. The van der Waals surface area contributed by atoms with Crippen LogP contribution in [0.15, 0.2) is 127 Å². The first-order valence-electron chi connectivity index (χ1n) is 15.8. The summed E-state index contributed by atoms with van der Waals surface area (Å²) in [6.07, 6.45) is 16.9. The van der Waals surface area contributed by atoms with E-state index in [2.05, 4.69) is 138 Å². The molecule has 6 aromatic rings. The molecule has 45 heavy (non-hydrogen) atoms. The summed E-state index contributed by atoms with van der Waals surface area (Å²) in [4.78, 5) is 11.7. The minimum absolute atomic E-state index is 0.308. The lowest BCUT2D eigenvalue weighted by Crippen LogP contribution is -2.09. The zero-order valence-electron chi connectivity index (χ0n) is 25.8. The van der Waals surface area contributed by atoms with Crippen LogP contribution in [0.25, 0.3) is 39.0 Å². The van der Waals surface area contributed by atoms with Gasteiger partial charge in [0.25, 0.3) is 0 Å². The molecule has 0 saturated heterocycles. The van der Waals surface area contributed by atoms with E-state index in [-0.39, 0.29) is 0 Å². The van der Waals surface area contributed by atoms with E-state index in [1.54, 1.807) is 0 Å². The Morgan fingerprint density at radius 2 is 1.89 bits per heavy atom. The molecule has 0 amide bonds. The predicted octanol–water partition coefficient (Wildman–Crippen LogP) is 9.66. The SMILES string of the molecule is C=C/C=C(/C)Cc1cc(C2C=Cc3c(n(-c4ccccc4)c4c3ccc3cc(C5=CC(c6[nH]ccc6C)=NC5)ccc34)C2)c[nH]1. The van der Waals surface area contributed by atoms with Crippen LogP contribution in [0.5, 0.6) is 0 Å². The third-order valence-corrected chi connectivity index (χ3v) is 9.39. The summed E-state index contributed by atoms with van der Waals surface area (Å²) in [6, 6.07) is 26.8. The number of aromatic amines is 2. The average molecular weight is 585 g/mol. The highest BCUT2D eigenvalue weighted by molar-refractivity contribution is 6.15. The van der Waals surface area contributed by atoms with E-state index in [0.29, 0.717) is 12.5 Å². The van der Waals surface area contributed by atoms with Crippen LogP contribution in [-0.2, 0) is 12.8 Å². The van der Waals surface area contributed by atoms with E-state index in [0.717, 1.165) is 24.2 Å². The third-order valence-electron chi connectivity index (χ3n) is 9.39. The van der Waals surface area contributed by atoms with Crippen molar-refractivity contribution in [1.82, 2.24) is 14.5 Å². The number of benzene rings is 3. The van der Waals surface area contributed by atoms with Gasteiger partial charge in [0.2, 0.25) is 0 Å². The lowest BCUT2D eigenvalue weighted by Gasteiger charge is -2.20. The summed E-state index contributed by atoms with van der Waals surface area (Å²) in [5.74, 6) is 0.308. The van der Waals surface area contributed by atoms with Gasteiger partial charge in [-0.25, -0.2) is 0 Å². The molecule has 1 aliphatic carbocycles. The van der Waals surface area contributed by atoms with Crippen molar-refractivity contribution in [1.29, 1.82) is 0 Å². The molecule has 0 bridgehead atoms. The van der Waals surface area contributed by atoms with Crippen molar-refractivity contribution < 1.29 is 0 Å². The van der Waals surface area contributed by atoms with Gasteiger partial charge >= 0.3 is 0 Å². The number of aromatic nitrogens is 3. The van der Waals surface area contributed by atoms with Crippen molar-refractivity contribution in [2.24, 2.45) is 4.99 Å². The first-order valence-corrected chi connectivity index (χ1v) is 15.8. The minimum atomic E-state index is 0.308. The molecule has 1 atom stereocenters. The summed E-state index contributed by atoms with van der Waals surface area (Å²) in [5.41, 5.74) is 14.9. The lowest BCUT2D eigenvalue weighted by molar-refractivity contribution is 0.784. The second-order valence-corrected chi connectivity index (χ2v) is 12.4. The Kier molecular flexibility index (Phi) is 6.64. The maximum atomic E-state index is 4.85. The quantitative estimate of drug-likeness (QED) is 0.176. The van der Waals surface area contributed by atoms with E-state index in [1.165, 1.54) is 72.2 Å². The van der Waals surface area contributed by atoms with E-state index < -0.39 is 0 Å². The highest BCUT2D eigenvalue weighted by Crippen LogP contribution is 2.41. The smallest absolute Gasteiger partial charge is 0.0819 e. The van der Waals surface area contributed by atoms with Gasteiger partial charge in [-0.1, -0.05) is 78.9 Å². The maximum Gasteiger partial charge on any atom is 0.0819 e. The molecular formula is C41H36N4. The third kappa shape index (κ3) is 4.74. The molecule has 3 aromatic heterocycles. The predicted molar refractivity (Wildman–Crippen MR) is 190 cm³/mol. The van der Waals surface area contributed by atoms with Crippen LogP contribution in [0.4, 0.5) is 0 Å². The lowest BCUT2D eigenvalue weighted by atomic mass is 9.88. The number of allylic oxidation sites excluding steroid dienone is 5. The van der Waals surface area contributed by atoms with Crippen LogP contribution in [0.2, 0.25) is 0 Å². The van der Waals surface area contributed by atoms with Crippen molar-refractivity contribution in [2.45, 2.75) is 32.6 Å². The Bertz CT molecular complexity index is 2230. The van der Waals surface area contributed by atoms with Crippen molar-refractivity contribution in [2.75, 3.05) is 6.54 Å². The Morgan fingerprint density at radius 3 is 2.71 bits per heavy atom. The number of para-hydroxylation sites is 1. The van der Waals surface area contributed by atoms with Crippen LogP contribution in [0.1, 0.15) is 52.2 Å². The maximum absolute atomic E-state index is 4.85. The van der Waals surface area contributed by atoms with Crippen LogP contribution < -0.4 is 0 Å². The standard InChI is InChI=1S/C41H36N4/c1-4-8-26(2)19-33-21-31(24-43-33)29-12-15-36-37-16-13-30-20-28(32-22-38(44-25-32)40-27(3)17-18-42-40)11-14-35(30)41(37)45(39(36)23-29)34-9-6-5-7-10-34/h4-18,20-22,24,29,42-43H,1,19,23,25H2,2-3H3/b26-8-. The van der Waals surface area contributed by atoms with Crippen molar-refractivity contribution >= 4 is 39.0 Å². The largest absolute Gasteiger partial charge is 0.364 e. The second kappa shape index (κ2) is 11.0. The second-order valence-electron chi connectivity index (χ2n) is 12.4. The molecule has 0 spiro atoms. The van der Waals surface area contributed by atoms with Crippen molar-refractivity contribution in [3.63, 3.8) is 0 Å². The van der Waals surface area contributed by atoms with E-state index in [1.807, 2.05) is 12.3 Å². The van der Waals surface area contributed by atoms with Gasteiger partial charge in [0.05, 0.1) is 23.5 Å². The molecule has 0 radical (unpaired) electrons. The fourth-order valence-electron chi connectivity index (χ4n) is 7.16. The molecule has 4 heteroatoms. The Labute approximate surface area is 263 Å². The summed E-state index contributed by atoms with van der Waals surface area (Å²) in [6.45, 7) is 8.82. The number of hydrogen-bond acceptors (Lipinski definition) is 1. The number of hydrogen-bond donors (Lipinski definition) is 2. The molecule has 8 rings (SSSR count). The number of fused-ring (bicyclic) bond motifs is 5. The normalized spacial score (nSPS) is 16.3. The number of nitrogens with one attached hydrogen (secondary N) is 2. The fourth-order valence-corrected chi connectivity index (χ4v) is 7.16. The summed E-state index contributed by atoms with van der Waals surface area (Å²) in [5, 5.41) is 3.82. The molecule has 1 aliphatic heterocycles. The zero-order chi connectivity index (χ0) is 30.5. The Hall–Kier alpha value is -5.35. The van der Waals surface area contributed by atoms with Crippen LogP contribution >= 0.6 is 0 Å². The van der Waals surface area contributed by atoms with Gasteiger partial charge in [0.1, 0.15) is 0 Å². The number of aryl methyl sites for hydroxylation is 1. The van der Waals surface area contributed by atoms with Crippen molar-refractivity contribution in [3.05, 3.63) is 161 Å². The van der Waals surface area contributed by atoms with Crippen LogP contribution in [-0.4, -0.2) is 26.8 Å². The number of aliphatic imine (C=N–C) groups is 1. The van der Waals surface area contributed by atoms with Gasteiger partial charge in [-0.15, -0.1) is 0 Å². The van der Waals surface area contributed by atoms with E-state index in [4.69, 9.17) is 4.99 Å². The van der Waals surface area contributed by atoms with Gasteiger partial charge in [0.15, 0.2) is 0 Å². The summed E-state index contributed by atoms with van der Waals surface area (Å²) >= 11 is 0. The van der Waals surface area contributed by atoms with Gasteiger partial charge < -0.3 is 14.5 Å². The Morgan fingerprint density at radius 1 is 1.02 bits per heavy atom. The van der Waals surface area contributed by atoms with Gasteiger partial charge in [-0.2, -0.15) is 0 Å². The minimum Gasteiger partial charge on any atom is -0.364 e. The highest BCUT2D eigenvalue weighted by Gasteiger charge is 2.26. The van der Waals surface area contributed by atoms with E-state index in [9.17, 15) is 0 Å².